The third-order valence-electron chi connectivity index (χ3n) is 4.14. The highest BCUT2D eigenvalue weighted by Crippen LogP contribution is 2.16. The molecular formula is C19H24N2. The van der Waals surface area contributed by atoms with Gasteiger partial charge in [-0.05, 0) is 56.1 Å². The van der Waals surface area contributed by atoms with Crippen molar-refractivity contribution in [3.05, 3.63) is 65.2 Å². The Morgan fingerprint density at radius 3 is 2.43 bits per heavy atom. The normalized spacial score (nSPS) is 15.3. The topological polar surface area (TPSA) is 15.3 Å². The number of benzene rings is 2. The van der Waals surface area contributed by atoms with Crippen molar-refractivity contribution in [2.45, 2.75) is 32.9 Å². The number of rotatable bonds is 5. The second-order valence-corrected chi connectivity index (χ2v) is 6.02. The summed E-state index contributed by atoms with van der Waals surface area (Å²) in [5.41, 5.74) is 5.26. The summed E-state index contributed by atoms with van der Waals surface area (Å²) in [6.45, 7) is 6.63. The number of anilines is 1. The van der Waals surface area contributed by atoms with Crippen LogP contribution in [0.4, 0.5) is 5.69 Å². The molecule has 1 saturated heterocycles. The van der Waals surface area contributed by atoms with Gasteiger partial charge in [0.2, 0.25) is 0 Å². The summed E-state index contributed by atoms with van der Waals surface area (Å²) in [4.78, 5) is 2.54. The molecule has 0 bridgehead atoms. The van der Waals surface area contributed by atoms with Crippen LogP contribution in [-0.2, 0) is 13.1 Å². The Balaban J connectivity index is 1.54. The maximum absolute atomic E-state index is 3.50. The first-order chi connectivity index (χ1) is 10.3. The minimum atomic E-state index is 0.882. The predicted octanol–water partition coefficient (Wildman–Crippen LogP) is 4.20. The van der Waals surface area contributed by atoms with Crippen LogP contribution in [-0.4, -0.2) is 18.0 Å². The highest BCUT2D eigenvalue weighted by atomic mass is 15.1. The molecule has 2 aromatic carbocycles. The highest BCUT2D eigenvalue weighted by molar-refractivity contribution is 5.45. The first-order valence-corrected chi connectivity index (χ1v) is 7.90. The Bertz CT molecular complexity index is 568. The molecule has 0 aromatic heterocycles. The van der Waals surface area contributed by atoms with Crippen molar-refractivity contribution >= 4 is 5.69 Å². The Labute approximate surface area is 127 Å². The van der Waals surface area contributed by atoms with Crippen LogP contribution in [0.3, 0.4) is 0 Å². The summed E-state index contributed by atoms with van der Waals surface area (Å²) >= 11 is 0. The van der Waals surface area contributed by atoms with Crippen molar-refractivity contribution < 1.29 is 0 Å². The zero-order valence-corrected chi connectivity index (χ0v) is 12.8. The lowest BCUT2D eigenvalue weighted by Crippen LogP contribution is -2.18. The average molecular weight is 280 g/mol. The first-order valence-electron chi connectivity index (χ1n) is 7.90. The molecule has 0 radical (unpaired) electrons. The van der Waals surface area contributed by atoms with Crippen molar-refractivity contribution in [2.24, 2.45) is 0 Å². The molecule has 1 aliphatic rings. The van der Waals surface area contributed by atoms with Gasteiger partial charge in [0.15, 0.2) is 0 Å². The van der Waals surface area contributed by atoms with Crippen molar-refractivity contribution in [3.8, 4) is 0 Å². The van der Waals surface area contributed by atoms with Crippen LogP contribution in [0, 0.1) is 6.92 Å². The van der Waals surface area contributed by atoms with Crippen molar-refractivity contribution in [3.63, 3.8) is 0 Å². The van der Waals surface area contributed by atoms with Gasteiger partial charge in [0, 0.05) is 18.8 Å². The number of nitrogens with zero attached hydrogens (tertiary/aromatic N) is 1. The smallest absolute Gasteiger partial charge is 0.0400 e. The fraction of sp³-hybridized carbons (Fsp3) is 0.368. The molecule has 0 unspecified atom stereocenters. The van der Waals surface area contributed by atoms with E-state index in [1.807, 2.05) is 0 Å². The summed E-state index contributed by atoms with van der Waals surface area (Å²) in [6, 6.07) is 17.5. The van der Waals surface area contributed by atoms with E-state index in [0.717, 1.165) is 13.1 Å². The standard InChI is InChI=1S/C19H24N2/c1-16-5-4-6-18(13-16)14-20-19-9-7-17(8-10-19)15-21-11-2-3-12-21/h4-10,13,20H,2-3,11-12,14-15H2,1H3. The van der Waals surface area contributed by atoms with Crippen LogP contribution in [0.2, 0.25) is 0 Å². The van der Waals surface area contributed by atoms with Crippen LogP contribution in [0.1, 0.15) is 29.5 Å². The predicted molar refractivity (Wildman–Crippen MR) is 89.5 cm³/mol. The molecule has 3 rings (SSSR count). The lowest BCUT2D eigenvalue weighted by molar-refractivity contribution is 0.331. The lowest BCUT2D eigenvalue weighted by atomic mass is 10.1. The van der Waals surface area contributed by atoms with Crippen LogP contribution in [0.25, 0.3) is 0 Å². The number of likely N-dealkylation sites (tertiary alicyclic amines) is 1. The SMILES string of the molecule is Cc1cccc(CNc2ccc(CN3CCCC3)cc2)c1. The summed E-state index contributed by atoms with van der Waals surface area (Å²) < 4.78 is 0. The minimum Gasteiger partial charge on any atom is -0.381 e. The molecule has 0 amide bonds. The number of hydrogen-bond donors (Lipinski definition) is 1. The zero-order chi connectivity index (χ0) is 14.5. The molecule has 1 fully saturated rings. The minimum absolute atomic E-state index is 0.882. The third-order valence-corrected chi connectivity index (χ3v) is 4.14. The molecule has 0 atom stereocenters. The summed E-state index contributed by atoms with van der Waals surface area (Å²) in [5, 5.41) is 3.50. The molecule has 2 nitrogen and oxygen atoms in total. The largest absolute Gasteiger partial charge is 0.381 e. The van der Waals surface area contributed by atoms with Gasteiger partial charge in [0.05, 0.1) is 0 Å². The van der Waals surface area contributed by atoms with Gasteiger partial charge in [-0.2, -0.15) is 0 Å². The van der Waals surface area contributed by atoms with E-state index in [1.165, 1.54) is 48.3 Å². The van der Waals surface area contributed by atoms with Crippen LogP contribution >= 0.6 is 0 Å². The summed E-state index contributed by atoms with van der Waals surface area (Å²) in [5.74, 6) is 0. The Kier molecular flexibility index (Phi) is 4.56. The number of aryl methyl sites for hydroxylation is 1. The van der Waals surface area contributed by atoms with Gasteiger partial charge < -0.3 is 5.32 Å². The van der Waals surface area contributed by atoms with E-state index in [9.17, 15) is 0 Å². The van der Waals surface area contributed by atoms with E-state index in [4.69, 9.17) is 0 Å². The second kappa shape index (κ2) is 6.77. The van der Waals surface area contributed by atoms with Gasteiger partial charge in [-0.3, -0.25) is 4.90 Å². The molecule has 2 aromatic rings. The van der Waals surface area contributed by atoms with E-state index >= 15 is 0 Å². The second-order valence-electron chi connectivity index (χ2n) is 6.02. The zero-order valence-electron chi connectivity index (χ0n) is 12.8. The van der Waals surface area contributed by atoms with Gasteiger partial charge in [0.25, 0.3) is 0 Å². The highest BCUT2D eigenvalue weighted by Gasteiger charge is 2.11. The summed E-state index contributed by atoms with van der Waals surface area (Å²) in [6.07, 6.45) is 2.71. The fourth-order valence-electron chi connectivity index (χ4n) is 2.95. The van der Waals surface area contributed by atoms with E-state index in [2.05, 4.69) is 65.7 Å². The molecular weight excluding hydrogens is 256 g/mol. The van der Waals surface area contributed by atoms with Crippen LogP contribution in [0.15, 0.2) is 48.5 Å². The van der Waals surface area contributed by atoms with Crippen LogP contribution in [0.5, 0.6) is 0 Å². The van der Waals surface area contributed by atoms with E-state index in [0.29, 0.717) is 0 Å². The number of hydrogen-bond acceptors (Lipinski definition) is 2. The molecule has 0 spiro atoms. The quantitative estimate of drug-likeness (QED) is 0.883. The molecule has 0 aliphatic carbocycles. The maximum atomic E-state index is 3.50. The molecule has 1 N–H and O–H groups in total. The molecule has 21 heavy (non-hydrogen) atoms. The van der Waals surface area contributed by atoms with Crippen molar-refractivity contribution in [1.82, 2.24) is 4.90 Å². The molecule has 0 saturated carbocycles. The van der Waals surface area contributed by atoms with Crippen molar-refractivity contribution in [2.75, 3.05) is 18.4 Å². The summed E-state index contributed by atoms with van der Waals surface area (Å²) in [7, 11) is 0. The van der Waals surface area contributed by atoms with E-state index in [-0.39, 0.29) is 0 Å². The van der Waals surface area contributed by atoms with Crippen molar-refractivity contribution in [1.29, 1.82) is 0 Å². The maximum Gasteiger partial charge on any atom is 0.0400 e. The Morgan fingerprint density at radius 2 is 1.71 bits per heavy atom. The fourth-order valence-corrected chi connectivity index (χ4v) is 2.95. The van der Waals surface area contributed by atoms with E-state index < -0.39 is 0 Å². The van der Waals surface area contributed by atoms with Gasteiger partial charge in [-0.25, -0.2) is 0 Å². The molecule has 1 aliphatic heterocycles. The number of nitrogens with one attached hydrogen (secondary N) is 1. The van der Waals surface area contributed by atoms with E-state index in [1.54, 1.807) is 0 Å². The van der Waals surface area contributed by atoms with Gasteiger partial charge in [-0.1, -0.05) is 42.0 Å². The average Bonchev–Trinajstić information content (AvgIpc) is 3.00. The molecule has 1 heterocycles. The van der Waals surface area contributed by atoms with Gasteiger partial charge in [-0.15, -0.1) is 0 Å². The van der Waals surface area contributed by atoms with Crippen LogP contribution < -0.4 is 5.32 Å². The Hall–Kier alpha value is -1.80. The monoisotopic (exact) mass is 280 g/mol. The molecule has 110 valence electrons. The lowest BCUT2D eigenvalue weighted by Gasteiger charge is -2.15. The molecule has 2 heteroatoms. The van der Waals surface area contributed by atoms with Gasteiger partial charge >= 0.3 is 0 Å². The first kappa shape index (κ1) is 14.2. The third kappa shape index (κ3) is 4.08. The Morgan fingerprint density at radius 1 is 0.952 bits per heavy atom. The van der Waals surface area contributed by atoms with Gasteiger partial charge in [0.1, 0.15) is 0 Å².